The number of ether oxygens (including phenoxy) is 1. The normalized spacial score (nSPS) is 10.6. The SMILES string of the molecule is [c]1cccc(OCCC(c2ccccc2)c2ccccc2)c1. The summed E-state index contributed by atoms with van der Waals surface area (Å²) in [7, 11) is 0. The Morgan fingerprint density at radius 2 is 1.41 bits per heavy atom. The molecule has 0 fully saturated rings. The average molecular weight is 287 g/mol. The van der Waals surface area contributed by atoms with Crippen molar-refractivity contribution in [1.82, 2.24) is 0 Å². The van der Waals surface area contributed by atoms with E-state index in [4.69, 9.17) is 4.74 Å². The van der Waals surface area contributed by atoms with E-state index in [9.17, 15) is 0 Å². The predicted octanol–water partition coefficient (Wildman–Crippen LogP) is 5.09. The zero-order valence-electron chi connectivity index (χ0n) is 12.5. The van der Waals surface area contributed by atoms with Gasteiger partial charge in [0.25, 0.3) is 0 Å². The minimum absolute atomic E-state index is 0.357. The molecule has 0 atom stereocenters. The molecule has 3 aromatic rings. The maximum Gasteiger partial charge on any atom is 0.119 e. The first-order valence-corrected chi connectivity index (χ1v) is 7.62. The van der Waals surface area contributed by atoms with Crippen LogP contribution in [0.2, 0.25) is 0 Å². The number of benzene rings is 3. The molecule has 109 valence electrons. The van der Waals surface area contributed by atoms with Crippen molar-refractivity contribution in [2.24, 2.45) is 0 Å². The maximum atomic E-state index is 5.85. The van der Waals surface area contributed by atoms with Gasteiger partial charge >= 0.3 is 0 Å². The molecule has 0 aliphatic rings. The van der Waals surface area contributed by atoms with Crippen molar-refractivity contribution in [2.45, 2.75) is 12.3 Å². The zero-order chi connectivity index (χ0) is 15.0. The van der Waals surface area contributed by atoms with Crippen molar-refractivity contribution in [3.8, 4) is 5.75 Å². The Morgan fingerprint density at radius 1 is 0.773 bits per heavy atom. The average Bonchev–Trinajstić information content (AvgIpc) is 2.61. The molecular weight excluding hydrogens is 268 g/mol. The molecule has 0 aromatic heterocycles. The third kappa shape index (κ3) is 3.76. The summed E-state index contributed by atoms with van der Waals surface area (Å²) in [6.07, 6.45) is 0.947. The van der Waals surface area contributed by atoms with Gasteiger partial charge in [0.1, 0.15) is 5.75 Å². The van der Waals surface area contributed by atoms with Crippen LogP contribution in [-0.4, -0.2) is 6.61 Å². The predicted molar refractivity (Wildman–Crippen MR) is 90.1 cm³/mol. The molecule has 0 heterocycles. The van der Waals surface area contributed by atoms with E-state index in [2.05, 4.69) is 66.7 Å². The van der Waals surface area contributed by atoms with E-state index in [1.54, 1.807) is 0 Å². The van der Waals surface area contributed by atoms with Gasteiger partial charge in [-0.1, -0.05) is 72.8 Å². The lowest BCUT2D eigenvalue weighted by molar-refractivity contribution is 0.304. The third-order valence-electron chi connectivity index (χ3n) is 3.76. The molecule has 0 unspecified atom stereocenters. The van der Waals surface area contributed by atoms with Gasteiger partial charge < -0.3 is 4.74 Å². The molecule has 1 nitrogen and oxygen atoms in total. The molecule has 0 aliphatic carbocycles. The first-order valence-electron chi connectivity index (χ1n) is 7.62. The summed E-state index contributed by atoms with van der Waals surface area (Å²) >= 11 is 0. The minimum atomic E-state index is 0.357. The largest absolute Gasteiger partial charge is 0.494 e. The summed E-state index contributed by atoms with van der Waals surface area (Å²) in [6, 6.07) is 32.0. The monoisotopic (exact) mass is 287 g/mol. The van der Waals surface area contributed by atoms with Crippen LogP contribution in [0.3, 0.4) is 0 Å². The zero-order valence-corrected chi connectivity index (χ0v) is 12.5. The van der Waals surface area contributed by atoms with E-state index in [0.717, 1.165) is 12.2 Å². The number of hydrogen-bond donors (Lipinski definition) is 0. The van der Waals surface area contributed by atoms with Gasteiger partial charge in [-0.25, -0.2) is 0 Å². The van der Waals surface area contributed by atoms with Crippen LogP contribution in [0.1, 0.15) is 23.5 Å². The molecule has 1 radical (unpaired) electrons. The van der Waals surface area contributed by atoms with Gasteiger partial charge in [0.15, 0.2) is 0 Å². The van der Waals surface area contributed by atoms with Gasteiger partial charge in [-0.3, -0.25) is 0 Å². The maximum absolute atomic E-state index is 5.85. The lowest BCUT2D eigenvalue weighted by Gasteiger charge is -2.18. The highest BCUT2D eigenvalue weighted by atomic mass is 16.5. The van der Waals surface area contributed by atoms with E-state index >= 15 is 0 Å². The van der Waals surface area contributed by atoms with Gasteiger partial charge in [0.05, 0.1) is 6.61 Å². The fourth-order valence-electron chi connectivity index (χ4n) is 2.66. The highest BCUT2D eigenvalue weighted by molar-refractivity contribution is 5.32. The second-order valence-corrected chi connectivity index (χ2v) is 5.25. The molecule has 0 N–H and O–H groups in total. The third-order valence-corrected chi connectivity index (χ3v) is 3.76. The second-order valence-electron chi connectivity index (χ2n) is 5.25. The van der Waals surface area contributed by atoms with Crippen LogP contribution >= 0.6 is 0 Å². The molecular formula is C21H19O. The quantitative estimate of drug-likeness (QED) is 0.613. The molecule has 3 aromatic carbocycles. The first kappa shape index (κ1) is 14.4. The van der Waals surface area contributed by atoms with Crippen LogP contribution in [-0.2, 0) is 0 Å². The standard InChI is InChI=1S/C21H19O/c1-4-10-18(11-5-1)21(19-12-6-2-7-13-19)16-17-22-20-14-8-3-9-15-20/h1-8,10-15,21H,16-17H2. The van der Waals surface area contributed by atoms with Crippen LogP contribution in [0.15, 0.2) is 84.9 Å². The number of rotatable bonds is 6. The Labute approximate surface area is 132 Å². The van der Waals surface area contributed by atoms with E-state index < -0.39 is 0 Å². The van der Waals surface area contributed by atoms with Crippen molar-refractivity contribution in [3.05, 3.63) is 102 Å². The minimum Gasteiger partial charge on any atom is -0.494 e. The van der Waals surface area contributed by atoms with Crippen molar-refractivity contribution < 1.29 is 4.74 Å². The fourth-order valence-corrected chi connectivity index (χ4v) is 2.66. The summed E-state index contributed by atoms with van der Waals surface area (Å²) in [5.74, 6) is 1.23. The summed E-state index contributed by atoms with van der Waals surface area (Å²) < 4.78 is 5.85. The lowest BCUT2D eigenvalue weighted by atomic mass is 9.89. The van der Waals surface area contributed by atoms with E-state index in [-0.39, 0.29) is 0 Å². The summed E-state index contributed by atoms with van der Waals surface area (Å²) in [5.41, 5.74) is 2.66. The molecule has 3 rings (SSSR count). The second kappa shape index (κ2) is 7.46. The summed E-state index contributed by atoms with van der Waals surface area (Å²) in [5, 5.41) is 0. The molecule has 0 aliphatic heterocycles. The molecule has 0 saturated carbocycles. The van der Waals surface area contributed by atoms with Crippen molar-refractivity contribution in [1.29, 1.82) is 0 Å². The first-order chi connectivity index (χ1) is 10.9. The smallest absolute Gasteiger partial charge is 0.119 e. The van der Waals surface area contributed by atoms with Crippen LogP contribution in [0.4, 0.5) is 0 Å². The highest BCUT2D eigenvalue weighted by Crippen LogP contribution is 2.28. The van der Waals surface area contributed by atoms with Gasteiger partial charge in [0, 0.05) is 5.92 Å². The summed E-state index contributed by atoms with van der Waals surface area (Å²) in [4.78, 5) is 0. The summed E-state index contributed by atoms with van der Waals surface area (Å²) in [6.45, 7) is 0.687. The van der Waals surface area contributed by atoms with Gasteiger partial charge in [-0.2, -0.15) is 0 Å². The Bertz CT molecular complexity index is 623. The van der Waals surface area contributed by atoms with Crippen LogP contribution in [0.25, 0.3) is 0 Å². The Kier molecular flexibility index (Phi) is 4.88. The fraction of sp³-hybridized carbons (Fsp3) is 0.143. The molecule has 1 heteroatoms. The van der Waals surface area contributed by atoms with Gasteiger partial charge in [-0.15, -0.1) is 0 Å². The topological polar surface area (TPSA) is 9.23 Å². The molecule has 22 heavy (non-hydrogen) atoms. The van der Waals surface area contributed by atoms with Crippen LogP contribution in [0, 0.1) is 6.07 Å². The van der Waals surface area contributed by atoms with E-state index in [0.29, 0.717) is 12.5 Å². The van der Waals surface area contributed by atoms with Crippen LogP contribution in [0.5, 0.6) is 5.75 Å². The number of hydrogen-bond acceptors (Lipinski definition) is 1. The van der Waals surface area contributed by atoms with Crippen molar-refractivity contribution in [2.75, 3.05) is 6.61 Å². The molecule has 0 saturated heterocycles. The van der Waals surface area contributed by atoms with Crippen molar-refractivity contribution in [3.63, 3.8) is 0 Å². The Balaban J connectivity index is 1.72. The van der Waals surface area contributed by atoms with E-state index in [1.165, 1.54) is 11.1 Å². The molecule has 0 spiro atoms. The lowest BCUT2D eigenvalue weighted by Crippen LogP contribution is -2.07. The molecule has 0 amide bonds. The van der Waals surface area contributed by atoms with Crippen LogP contribution < -0.4 is 4.74 Å². The molecule has 0 bridgehead atoms. The van der Waals surface area contributed by atoms with E-state index in [1.807, 2.05) is 24.3 Å². The van der Waals surface area contributed by atoms with Gasteiger partial charge in [-0.05, 0) is 35.7 Å². The van der Waals surface area contributed by atoms with Gasteiger partial charge in [0.2, 0.25) is 0 Å². The Morgan fingerprint density at radius 3 is 1.95 bits per heavy atom. The highest BCUT2D eigenvalue weighted by Gasteiger charge is 2.13. The van der Waals surface area contributed by atoms with Crippen molar-refractivity contribution >= 4 is 0 Å². The Hall–Kier alpha value is -2.54.